The van der Waals surface area contributed by atoms with E-state index in [1.54, 1.807) is 56.3 Å². The number of aromatic nitrogens is 3. The molecule has 0 bridgehead atoms. The van der Waals surface area contributed by atoms with Crippen LogP contribution in [0.1, 0.15) is 24.2 Å². The van der Waals surface area contributed by atoms with Gasteiger partial charge in [0.05, 0.1) is 38.5 Å². The van der Waals surface area contributed by atoms with Crippen LogP contribution in [0.4, 0.5) is 5.13 Å². The summed E-state index contributed by atoms with van der Waals surface area (Å²) in [4.78, 5) is 48.3. The molecule has 10 heteroatoms. The maximum Gasteiger partial charge on any atom is 0.338 e. The van der Waals surface area contributed by atoms with Gasteiger partial charge in [0.15, 0.2) is 10.3 Å². The van der Waals surface area contributed by atoms with E-state index in [4.69, 9.17) is 4.74 Å². The van der Waals surface area contributed by atoms with Gasteiger partial charge in [-0.3, -0.25) is 9.59 Å². The van der Waals surface area contributed by atoms with E-state index < -0.39 is 11.2 Å². The van der Waals surface area contributed by atoms with Gasteiger partial charge in [0.1, 0.15) is 0 Å². The minimum Gasteiger partial charge on any atom is -0.462 e. The zero-order valence-electron chi connectivity index (χ0n) is 16.7. The molecular formula is C21H18N4O4S2. The Morgan fingerprint density at radius 2 is 2.00 bits per heavy atom. The van der Waals surface area contributed by atoms with E-state index in [1.165, 1.54) is 11.3 Å². The Balaban J connectivity index is 1.48. The number of ether oxygens (including phenoxy) is 1. The monoisotopic (exact) mass is 454 g/mol. The number of amides is 1. The molecule has 1 unspecified atom stereocenters. The number of nitrogens with zero attached hydrogens (tertiary/aromatic N) is 2. The van der Waals surface area contributed by atoms with E-state index in [0.717, 1.165) is 16.5 Å². The van der Waals surface area contributed by atoms with Gasteiger partial charge in [-0.15, -0.1) is 0 Å². The number of H-pyrrole nitrogens is 1. The lowest BCUT2D eigenvalue weighted by Crippen LogP contribution is -2.23. The SMILES string of the molecule is CCOC(=O)c1ccc2nc(NC(=O)C(C)Sc3nc4ccccc4c(=O)[nH]3)sc2c1. The summed E-state index contributed by atoms with van der Waals surface area (Å²) >= 11 is 2.43. The highest BCUT2D eigenvalue weighted by molar-refractivity contribution is 8.00. The van der Waals surface area contributed by atoms with Crippen LogP contribution >= 0.6 is 23.1 Å². The molecule has 0 saturated carbocycles. The van der Waals surface area contributed by atoms with Gasteiger partial charge in [-0.2, -0.15) is 0 Å². The van der Waals surface area contributed by atoms with E-state index in [0.29, 0.717) is 38.9 Å². The van der Waals surface area contributed by atoms with Gasteiger partial charge >= 0.3 is 5.97 Å². The van der Waals surface area contributed by atoms with Crippen molar-refractivity contribution >= 4 is 61.2 Å². The van der Waals surface area contributed by atoms with Crippen LogP contribution < -0.4 is 10.9 Å². The van der Waals surface area contributed by atoms with Crippen LogP contribution in [0.15, 0.2) is 52.4 Å². The predicted octanol–water partition coefficient (Wildman–Crippen LogP) is 3.83. The van der Waals surface area contributed by atoms with Crippen molar-refractivity contribution in [2.24, 2.45) is 0 Å². The molecule has 2 N–H and O–H groups in total. The van der Waals surface area contributed by atoms with E-state index in [1.807, 2.05) is 0 Å². The van der Waals surface area contributed by atoms with Gasteiger partial charge in [0.2, 0.25) is 5.91 Å². The number of thioether (sulfide) groups is 1. The first-order valence-electron chi connectivity index (χ1n) is 9.49. The fraction of sp³-hybridized carbons (Fsp3) is 0.190. The zero-order chi connectivity index (χ0) is 22.0. The van der Waals surface area contributed by atoms with Crippen LogP contribution in [0.5, 0.6) is 0 Å². The average molecular weight is 455 g/mol. The van der Waals surface area contributed by atoms with Crippen molar-refractivity contribution in [3.63, 3.8) is 0 Å². The van der Waals surface area contributed by atoms with Gasteiger partial charge in [0, 0.05) is 0 Å². The molecule has 4 aromatic rings. The van der Waals surface area contributed by atoms with Gasteiger partial charge < -0.3 is 15.0 Å². The van der Waals surface area contributed by atoms with Crippen LogP contribution in [0.25, 0.3) is 21.1 Å². The van der Waals surface area contributed by atoms with Gasteiger partial charge in [-0.05, 0) is 44.2 Å². The topological polar surface area (TPSA) is 114 Å². The van der Waals surface area contributed by atoms with E-state index in [-0.39, 0.29) is 11.5 Å². The second kappa shape index (κ2) is 8.86. The van der Waals surface area contributed by atoms with Crippen LogP contribution in [0.3, 0.4) is 0 Å². The lowest BCUT2D eigenvalue weighted by atomic mass is 10.2. The lowest BCUT2D eigenvalue weighted by molar-refractivity contribution is -0.115. The molecule has 2 aromatic carbocycles. The molecule has 0 saturated heterocycles. The number of aromatic amines is 1. The van der Waals surface area contributed by atoms with Crippen molar-refractivity contribution < 1.29 is 14.3 Å². The van der Waals surface area contributed by atoms with Crippen molar-refractivity contribution in [1.29, 1.82) is 0 Å². The smallest absolute Gasteiger partial charge is 0.338 e. The summed E-state index contributed by atoms with van der Waals surface area (Å²) in [5.74, 6) is -0.671. The minimum atomic E-state index is -0.522. The molecule has 1 amide bonds. The Bertz CT molecular complexity index is 1350. The molecule has 0 spiro atoms. The number of carbonyl (C=O) groups excluding carboxylic acids is 2. The maximum atomic E-state index is 12.6. The van der Waals surface area contributed by atoms with Crippen molar-refractivity contribution in [3.05, 3.63) is 58.4 Å². The van der Waals surface area contributed by atoms with E-state index in [2.05, 4.69) is 20.3 Å². The Morgan fingerprint density at radius 3 is 2.81 bits per heavy atom. The predicted molar refractivity (Wildman–Crippen MR) is 122 cm³/mol. The zero-order valence-corrected chi connectivity index (χ0v) is 18.3. The number of carbonyl (C=O) groups is 2. The summed E-state index contributed by atoms with van der Waals surface area (Å²) in [6.45, 7) is 3.77. The van der Waals surface area contributed by atoms with Gasteiger partial charge in [0.25, 0.3) is 5.56 Å². The van der Waals surface area contributed by atoms with Crippen LogP contribution in [0, 0.1) is 0 Å². The Morgan fingerprint density at radius 1 is 1.19 bits per heavy atom. The molecule has 0 aliphatic carbocycles. The number of thiazole rings is 1. The van der Waals surface area contributed by atoms with Crippen molar-refractivity contribution in [3.8, 4) is 0 Å². The third-order valence-electron chi connectivity index (χ3n) is 4.38. The van der Waals surface area contributed by atoms with Crippen LogP contribution in [-0.4, -0.2) is 38.7 Å². The quantitative estimate of drug-likeness (QED) is 0.258. The molecule has 31 heavy (non-hydrogen) atoms. The standard InChI is InChI=1S/C21H18N4O4S2/c1-3-29-19(28)12-8-9-15-16(10-12)31-21(23-15)24-17(26)11(2)30-20-22-14-7-5-4-6-13(14)18(27)25-20/h4-11H,3H2,1-2H3,(H,22,25,27)(H,23,24,26). The average Bonchev–Trinajstić information content (AvgIpc) is 3.15. The number of rotatable bonds is 6. The Hall–Kier alpha value is -3.24. The molecule has 0 aliphatic rings. The lowest BCUT2D eigenvalue weighted by Gasteiger charge is -2.10. The molecular weight excluding hydrogens is 436 g/mol. The summed E-state index contributed by atoms with van der Waals surface area (Å²) in [5.41, 5.74) is 1.44. The number of fused-ring (bicyclic) bond motifs is 2. The third-order valence-corrected chi connectivity index (χ3v) is 6.30. The number of hydrogen-bond donors (Lipinski definition) is 2. The molecule has 158 valence electrons. The highest BCUT2D eigenvalue weighted by atomic mass is 32.2. The Kier molecular flexibility index (Phi) is 6.01. The number of hydrogen-bond acceptors (Lipinski definition) is 8. The molecule has 0 aliphatic heterocycles. The minimum absolute atomic E-state index is 0.246. The van der Waals surface area contributed by atoms with Crippen LogP contribution in [0.2, 0.25) is 0 Å². The van der Waals surface area contributed by atoms with Gasteiger partial charge in [-0.1, -0.05) is 35.2 Å². The maximum absolute atomic E-state index is 12.6. The molecule has 2 aromatic heterocycles. The summed E-state index contributed by atoms with van der Waals surface area (Å²) in [7, 11) is 0. The van der Waals surface area contributed by atoms with E-state index in [9.17, 15) is 14.4 Å². The fourth-order valence-electron chi connectivity index (χ4n) is 2.87. The van der Waals surface area contributed by atoms with Crippen molar-refractivity contribution in [2.45, 2.75) is 24.3 Å². The molecule has 1 atom stereocenters. The van der Waals surface area contributed by atoms with Gasteiger partial charge in [-0.25, -0.2) is 14.8 Å². The second-order valence-electron chi connectivity index (χ2n) is 6.56. The molecule has 8 nitrogen and oxygen atoms in total. The molecule has 4 rings (SSSR count). The second-order valence-corrected chi connectivity index (χ2v) is 8.92. The first kappa shape index (κ1) is 21.0. The highest BCUT2D eigenvalue weighted by Crippen LogP contribution is 2.28. The first-order chi connectivity index (χ1) is 14.9. The summed E-state index contributed by atoms with van der Waals surface area (Å²) in [6, 6.07) is 12.1. The van der Waals surface area contributed by atoms with Crippen molar-refractivity contribution in [2.75, 3.05) is 11.9 Å². The molecule has 2 heterocycles. The number of esters is 1. The van der Waals surface area contributed by atoms with Crippen LogP contribution in [-0.2, 0) is 9.53 Å². The highest BCUT2D eigenvalue weighted by Gasteiger charge is 2.19. The van der Waals surface area contributed by atoms with Crippen molar-refractivity contribution in [1.82, 2.24) is 15.0 Å². The fourth-order valence-corrected chi connectivity index (χ4v) is 4.58. The largest absolute Gasteiger partial charge is 0.462 e. The number of para-hydroxylation sites is 1. The Labute approximate surface area is 185 Å². The normalized spacial score (nSPS) is 12.1. The molecule has 0 radical (unpaired) electrons. The third kappa shape index (κ3) is 4.59. The number of nitrogens with one attached hydrogen (secondary N) is 2. The number of anilines is 1. The number of benzene rings is 2. The molecule has 0 fully saturated rings. The van der Waals surface area contributed by atoms with E-state index >= 15 is 0 Å². The summed E-state index contributed by atoms with van der Waals surface area (Å²) in [5, 5.41) is 3.56. The summed E-state index contributed by atoms with van der Waals surface area (Å²) < 4.78 is 5.78. The first-order valence-corrected chi connectivity index (χ1v) is 11.2. The summed E-state index contributed by atoms with van der Waals surface area (Å²) in [6.07, 6.45) is 0.